The Bertz CT molecular complexity index is 747. The first-order valence-electron chi connectivity index (χ1n) is 7.06. The molecule has 1 saturated heterocycles. The molecule has 6 heteroatoms. The molecule has 0 aromatic heterocycles. The molecule has 1 N–H and O–H groups in total. The van der Waals surface area contributed by atoms with Gasteiger partial charge < -0.3 is 5.11 Å². The van der Waals surface area contributed by atoms with E-state index in [2.05, 4.69) is 4.99 Å². The van der Waals surface area contributed by atoms with Crippen molar-refractivity contribution in [1.82, 2.24) is 0 Å². The highest BCUT2D eigenvalue weighted by Gasteiger charge is 2.40. The SMILES string of the molecule is O=C(O)C[C@H]1SC(=Nc2ccccc2)N(c2ccccc2)C1=O. The Labute approximate surface area is 137 Å². The molecule has 0 bridgehead atoms. The lowest BCUT2D eigenvalue weighted by atomic mass is 10.2. The summed E-state index contributed by atoms with van der Waals surface area (Å²) in [6.07, 6.45) is -0.222. The van der Waals surface area contributed by atoms with Gasteiger partial charge in [0.05, 0.1) is 17.8 Å². The Morgan fingerprint density at radius 2 is 1.70 bits per heavy atom. The fourth-order valence-electron chi connectivity index (χ4n) is 2.26. The molecule has 0 saturated carbocycles. The number of para-hydroxylation sites is 2. The van der Waals surface area contributed by atoms with Crippen LogP contribution in [0.3, 0.4) is 0 Å². The van der Waals surface area contributed by atoms with Crippen LogP contribution in [-0.4, -0.2) is 27.4 Å². The van der Waals surface area contributed by atoms with Gasteiger partial charge in [-0.15, -0.1) is 0 Å². The van der Waals surface area contributed by atoms with Crippen molar-refractivity contribution < 1.29 is 14.7 Å². The van der Waals surface area contributed by atoms with Gasteiger partial charge in [0.25, 0.3) is 0 Å². The molecular formula is C17H14N2O3S. The quantitative estimate of drug-likeness (QED) is 0.936. The third-order valence-electron chi connectivity index (χ3n) is 3.29. The largest absolute Gasteiger partial charge is 0.481 e. The fraction of sp³-hybridized carbons (Fsp3) is 0.118. The number of rotatable bonds is 4. The average Bonchev–Trinajstić information content (AvgIpc) is 2.84. The Kier molecular flexibility index (Phi) is 4.43. The van der Waals surface area contributed by atoms with E-state index in [0.717, 1.165) is 5.69 Å². The summed E-state index contributed by atoms with van der Waals surface area (Å²) < 4.78 is 0. The number of anilines is 1. The van der Waals surface area contributed by atoms with Crippen LogP contribution in [0.15, 0.2) is 65.7 Å². The molecular weight excluding hydrogens is 312 g/mol. The first-order chi connectivity index (χ1) is 11.1. The minimum Gasteiger partial charge on any atom is -0.481 e. The number of carboxylic acid groups (broad SMARTS) is 1. The van der Waals surface area contributed by atoms with Gasteiger partial charge in [0.15, 0.2) is 5.17 Å². The highest BCUT2D eigenvalue weighted by Crippen LogP contribution is 2.34. The van der Waals surface area contributed by atoms with Gasteiger partial charge in [0.2, 0.25) is 5.91 Å². The van der Waals surface area contributed by atoms with Gasteiger partial charge >= 0.3 is 5.97 Å². The second-order valence-electron chi connectivity index (χ2n) is 4.94. The Hall–Kier alpha value is -2.60. The predicted octanol–water partition coefficient (Wildman–Crippen LogP) is 3.30. The first-order valence-corrected chi connectivity index (χ1v) is 7.94. The Balaban J connectivity index is 1.99. The maximum absolute atomic E-state index is 12.6. The molecule has 1 fully saturated rings. The Morgan fingerprint density at radius 1 is 1.09 bits per heavy atom. The van der Waals surface area contributed by atoms with Crippen LogP contribution in [0.1, 0.15) is 6.42 Å². The van der Waals surface area contributed by atoms with Gasteiger partial charge in [-0.3, -0.25) is 14.5 Å². The van der Waals surface area contributed by atoms with Gasteiger partial charge in [-0.05, 0) is 24.3 Å². The van der Waals surface area contributed by atoms with Crippen LogP contribution in [0.5, 0.6) is 0 Å². The monoisotopic (exact) mass is 326 g/mol. The van der Waals surface area contributed by atoms with Crippen molar-refractivity contribution in [2.24, 2.45) is 4.99 Å². The number of amides is 1. The summed E-state index contributed by atoms with van der Waals surface area (Å²) in [5.74, 6) is -1.25. The summed E-state index contributed by atoms with van der Waals surface area (Å²) in [7, 11) is 0. The van der Waals surface area contributed by atoms with E-state index in [9.17, 15) is 9.59 Å². The van der Waals surface area contributed by atoms with Crippen LogP contribution in [0.25, 0.3) is 0 Å². The van der Waals surface area contributed by atoms with Crippen molar-refractivity contribution in [1.29, 1.82) is 0 Å². The van der Waals surface area contributed by atoms with E-state index >= 15 is 0 Å². The number of carboxylic acids is 1. The molecule has 5 nitrogen and oxygen atoms in total. The summed E-state index contributed by atoms with van der Waals surface area (Å²) in [5.41, 5.74) is 1.41. The topological polar surface area (TPSA) is 70.0 Å². The van der Waals surface area contributed by atoms with E-state index in [1.807, 2.05) is 60.7 Å². The first kappa shape index (κ1) is 15.3. The summed E-state index contributed by atoms with van der Waals surface area (Å²) in [5, 5.41) is 8.84. The van der Waals surface area contributed by atoms with E-state index in [4.69, 9.17) is 5.11 Å². The second-order valence-corrected chi connectivity index (χ2v) is 6.11. The molecule has 1 aliphatic heterocycles. The molecule has 1 heterocycles. The van der Waals surface area contributed by atoms with Crippen LogP contribution >= 0.6 is 11.8 Å². The molecule has 0 radical (unpaired) electrons. The zero-order valence-corrected chi connectivity index (χ0v) is 12.9. The molecule has 116 valence electrons. The predicted molar refractivity (Wildman–Crippen MR) is 91.1 cm³/mol. The van der Waals surface area contributed by atoms with Gasteiger partial charge in [0.1, 0.15) is 5.25 Å². The summed E-state index contributed by atoms with van der Waals surface area (Å²) in [6.45, 7) is 0. The number of nitrogens with zero attached hydrogens (tertiary/aromatic N) is 2. The maximum Gasteiger partial charge on any atom is 0.305 e. The van der Waals surface area contributed by atoms with Crippen LogP contribution in [0.2, 0.25) is 0 Å². The van der Waals surface area contributed by atoms with Crippen LogP contribution in [-0.2, 0) is 9.59 Å². The highest BCUT2D eigenvalue weighted by atomic mass is 32.2. The standard InChI is InChI=1S/C17H14N2O3S/c20-15(21)11-14-16(22)19(13-9-5-2-6-10-13)17(23-14)18-12-7-3-1-4-8-12/h1-10,14H,11H2,(H,20,21)/t14-/m1/s1. The van der Waals surface area contributed by atoms with Crippen molar-refractivity contribution in [2.75, 3.05) is 4.90 Å². The molecule has 23 heavy (non-hydrogen) atoms. The molecule has 2 aromatic carbocycles. The van der Waals surface area contributed by atoms with Crippen molar-refractivity contribution in [3.05, 3.63) is 60.7 Å². The zero-order valence-electron chi connectivity index (χ0n) is 12.1. The minimum absolute atomic E-state index is 0.222. The number of carbonyl (C=O) groups is 2. The highest BCUT2D eigenvalue weighted by molar-refractivity contribution is 8.16. The molecule has 2 aromatic rings. The van der Waals surface area contributed by atoms with Crippen LogP contribution in [0.4, 0.5) is 11.4 Å². The lowest BCUT2D eigenvalue weighted by Gasteiger charge is -2.16. The van der Waals surface area contributed by atoms with Crippen LogP contribution < -0.4 is 4.90 Å². The number of thioether (sulfide) groups is 1. The van der Waals surface area contributed by atoms with Crippen molar-refractivity contribution in [3.8, 4) is 0 Å². The molecule has 3 rings (SSSR count). The normalized spacial score (nSPS) is 19.3. The van der Waals surface area contributed by atoms with E-state index in [-0.39, 0.29) is 12.3 Å². The number of hydrogen-bond donors (Lipinski definition) is 1. The zero-order chi connectivity index (χ0) is 16.2. The maximum atomic E-state index is 12.6. The Morgan fingerprint density at radius 3 is 2.30 bits per heavy atom. The third kappa shape index (κ3) is 3.43. The minimum atomic E-state index is -0.996. The summed E-state index contributed by atoms with van der Waals surface area (Å²) in [6, 6.07) is 18.4. The number of aliphatic carboxylic acids is 1. The van der Waals surface area contributed by atoms with E-state index in [1.54, 1.807) is 0 Å². The van der Waals surface area contributed by atoms with E-state index in [1.165, 1.54) is 16.7 Å². The molecule has 0 spiro atoms. The molecule has 0 unspecified atom stereocenters. The smallest absolute Gasteiger partial charge is 0.305 e. The number of amidine groups is 1. The van der Waals surface area contributed by atoms with Gasteiger partial charge in [-0.25, -0.2) is 4.99 Å². The average molecular weight is 326 g/mol. The molecule has 0 aliphatic carbocycles. The number of carbonyl (C=O) groups excluding carboxylic acids is 1. The summed E-state index contributed by atoms with van der Waals surface area (Å²) in [4.78, 5) is 29.6. The second kappa shape index (κ2) is 6.66. The van der Waals surface area contributed by atoms with Crippen molar-refractivity contribution in [3.63, 3.8) is 0 Å². The fourth-order valence-corrected chi connectivity index (χ4v) is 3.41. The lowest BCUT2D eigenvalue weighted by Crippen LogP contribution is -2.32. The van der Waals surface area contributed by atoms with E-state index < -0.39 is 11.2 Å². The molecule has 1 amide bonds. The molecule has 1 aliphatic rings. The van der Waals surface area contributed by atoms with Crippen LogP contribution in [0, 0.1) is 0 Å². The summed E-state index contributed by atoms with van der Waals surface area (Å²) >= 11 is 1.19. The third-order valence-corrected chi connectivity index (χ3v) is 4.43. The number of hydrogen-bond acceptors (Lipinski definition) is 4. The van der Waals surface area contributed by atoms with E-state index in [0.29, 0.717) is 10.9 Å². The van der Waals surface area contributed by atoms with Gasteiger partial charge in [0, 0.05) is 0 Å². The number of benzene rings is 2. The van der Waals surface area contributed by atoms with Gasteiger partial charge in [-0.1, -0.05) is 48.2 Å². The van der Waals surface area contributed by atoms with Crippen molar-refractivity contribution in [2.45, 2.75) is 11.7 Å². The lowest BCUT2D eigenvalue weighted by molar-refractivity contribution is -0.138. The molecule has 1 atom stereocenters. The number of aliphatic imine (C=N–C) groups is 1. The van der Waals surface area contributed by atoms with Gasteiger partial charge in [-0.2, -0.15) is 0 Å². The van der Waals surface area contributed by atoms with Crippen molar-refractivity contribution >= 4 is 40.2 Å².